The van der Waals surface area contributed by atoms with Gasteiger partial charge in [0.05, 0.1) is 11.6 Å². The van der Waals surface area contributed by atoms with E-state index in [4.69, 9.17) is 9.84 Å². The number of rotatable bonds is 4. The van der Waals surface area contributed by atoms with Gasteiger partial charge in [-0.05, 0) is 40.4 Å². The smallest absolute Gasteiger partial charge is 0.303 e. The van der Waals surface area contributed by atoms with E-state index in [1.54, 1.807) is 7.11 Å². The van der Waals surface area contributed by atoms with Gasteiger partial charge in [0.1, 0.15) is 5.75 Å². The predicted octanol–water partition coefficient (Wildman–Crippen LogP) is 2.78. The SMILES string of the molecule is COc1c(C)ccc(CCC(=O)O)c1Br. The third-order valence-corrected chi connectivity index (χ3v) is 3.06. The van der Waals surface area contributed by atoms with Crippen molar-refractivity contribution in [2.75, 3.05) is 7.11 Å². The minimum Gasteiger partial charge on any atom is -0.495 e. The van der Waals surface area contributed by atoms with E-state index in [2.05, 4.69) is 15.9 Å². The van der Waals surface area contributed by atoms with Gasteiger partial charge in [0.2, 0.25) is 0 Å². The predicted molar refractivity (Wildman–Crippen MR) is 61.4 cm³/mol. The van der Waals surface area contributed by atoms with Crippen LogP contribution in [0.5, 0.6) is 5.75 Å². The van der Waals surface area contributed by atoms with Crippen LogP contribution < -0.4 is 4.74 Å². The highest BCUT2D eigenvalue weighted by Crippen LogP contribution is 2.32. The summed E-state index contributed by atoms with van der Waals surface area (Å²) in [6, 6.07) is 3.85. The Kier molecular flexibility index (Phi) is 4.15. The molecule has 0 fully saturated rings. The van der Waals surface area contributed by atoms with Crippen molar-refractivity contribution < 1.29 is 14.6 Å². The standard InChI is InChI=1S/C11H13BrO3/c1-7-3-4-8(5-6-9(13)14)10(12)11(7)15-2/h3-4H,5-6H2,1-2H3,(H,13,14). The lowest BCUT2D eigenvalue weighted by Crippen LogP contribution is -1.99. The van der Waals surface area contributed by atoms with Gasteiger partial charge in [-0.1, -0.05) is 12.1 Å². The average molecular weight is 273 g/mol. The quantitative estimate of drug-likeness (QED) is 0.917. The van der Waals surface area contributed by atoms with Crippen molar-refractivity contribution in [3.63, 3.8) is 0 Å². The van der Waals surface area contributed by atoms with E-state index in [1.807, 2.05) is 19.1 Å². The van der Waals surface area contributed by atoms with E-state index in [0.717, 1.165) is 21.3 Å². The van der Waals surface area contributed by atoms with Crippen LogP contribution in [0.25, 0.3) is 0 Å². The average Bonchev–Trinajstić information content (AvgIpc) is 2.17. The second kappa shape index (κ2) is 5.16. The molecule has 1 aromatic rings. The highest BCUT2D eigenvalue weighted by molar-refractivity contribution is 9.10. The maximum Gasteiger partial charge on any atom is 0.303 e. The molecule has 0 heterocycles. The Morgan fingerprint density at radius 3 is 2.73 bits per heavy atom. The molecule has 82 valence electrons. The Labute approximate surface area is 97.2 Å². The number of carboxylic acids is 1. The van der Waals surface area contributed by atoms with Crippen molar-refractivity contribution in [2.24, 2.45) is 0 Å². The molecule has 0 aliphatic rings. The summed E-state index contributed by atoms with van der Waals surface area (Å²) in [5.41, 5.74) is 1.99. The molecule has 1 rings (SSSR count). The number of benzene rings is 1. The highest BCUT2D eigenvalue weighted by atomic mass is 79.9. The molecule has 0 radical (unpaired) electrons. The van der Waals surface area contributed by atoms with Crippen molar-refractivity contribution in [3.05, 3.63) is 27.7 Å². The third-order valence-electron chi connectivity index (χ3n) is 2.19. The first-order valence-electron chi connectivity index (χ1n) is 4.60. The number of ether oxygens (including phenoxy) is 1. The second-order valence-electron chi connectivity index (χ2n) is 3.28. The molecule has 3 nitrogen and oxygen atoms in total. The normalized spacial score (nSPS) is 10.1. The van der Waals surface area contributed by atoms with Gasteiger partial charge >= 0.3 is 5.97 Å². The molecule has 1 N–H and O–H groups in total. The van der Waals surface area contributed by atoms with Crippen molar-refractivity contribution in [1.82, 2.24) is 0 Å². The Hall–Kier alpha value is -1.03. The maximum absolute atomic E-state index is 10.5. The number of hydrogen-bond acceptors (Lipinski definition) is 2. The zero-order chi connectivity index (χ0) is 11.4. The highest BCUT2D eigenvalue weighted by Gasteiger charge is 2.10. The van der Waals surface area contributed by atoms with Gasteiger partial charge in [0.15, 0.2) is 0 Å². The summed E-state index contributed by atoms with van der Waals surface area (Å²) in [4.78, 5) is 10.5. The topological polar surface area (TPSA) is 46.5 Å². The lowest BCUT2D eigenvalue weighted by molar-refractivity contribution is -0.136. The van der Waals surface area contributed by atoms with Crippen molar-refractivity contribution in [3.8, 4) is 5.75 Å². The second-order valence-corrected chi connectivity index (χ2v) is 4.08. The van der Waals surface area contributed by atoms with Crippen LogP contribution in [0.1, 0.15) is 17.5 Å². The van der Waals surface area contributed by atoms with Crippen molar-refractivity contribution >= 4 is 21.9 Å². The molecule has 15 heavy (non-hydrogen) atoms. The number of aryl methyl sites for hydroxylation is 2. The van der Waals surface area contributed by atoms with Crippen LogP contribution in [0.15, 0.2) is 16.6 Å². The number of carboxylic acid groups (broad SMARTS) is 1. The summed E-state index contributed by atoms with van der Waals surface area (Å²) in [7, 11) is 1.61. The van der Waals surface area contributed by atoms with Gasteiger partial charge in [-0.3, -0.25) is 4.79 Å². The monoisotopic (exact) mass is 272 g/mol. The van der Waals surface area contributed by atoms with Crippen LogP contribution in [-0.2, 0) is 11.2 Å². The van der Waals surface area contributed by atoms with Gasteiger partial charge in [-0.15, -0.1) is 0 Å². The van der Waals surface area contributed by atoms with Gasteiger partial charge in [0, 0.05) is 6.42 Å². The third kappa shape index (κ3) is 2.96. The van der Waals surface area contributed by atoms with Crippen LogP contribution in [0, 0.1) is 6.92 Å². The van der Waals surface area contributed by atoms with E-state index in [0.29, 0.717) is 6.42 Å². The van der Waals surface area contributed by atoms with Crippen LogP contribution in [0.4, 0.5) is 0 Å². The molecule has 4 heteroatoms. The fourth-order valence-electron chi connectivity index (χ4n) is 1.38. The number of hydrogen-bond donors (Lipinski definition) is 1. The molecule has 0 saturated carbocycles. The molecule has 0 spiro atoms. The number of methoxy groups -OCH3 is 1. The number of halogens is 1. The molecule has 0 saturated heterocycles. The molecule has 0 bridgehead atoms. The summed E-state index contributed by atoms with van der Waals surface area (Å²) >= 11 is 3.42. The van der Waals surface area contributed by atoms with Gasteiger partial charge in [0.25, 0.3) is 0 Å². The molecular weight excluding hydrogens is 260 g/mol. The first-order chi connectivity index (χ1) is 7.06. The summed E-state index contributed by atoms with van der Waals surface area (Å²) in [5, 5.41) is 8.60. The molecule has 0 aliphatic heterocycles. The van der Waals surface area contributed by atoms with Crippen LogP contribution in [-0.4, -0.2) is 18.2 Å². The summed E-state index contributed by atoms with van der Waals surface area (Å²) < 4.78 is 6.08. The lowest BCUT2D eigenvalue weighted by atomic mass is 10.1. The molecule has 1 aromatic carbocycles. The maximum atomic E-state index is 10.5. The van der Waals surface area contributed by atoms with E-state index >= 15 is 0 Å². The fourth-order valence-corrected chi connectivity index (χ4v) is 2.18. The Bertz CT molecular complexity index is 374. The summed E-state index contributed by atoms with van der Waals surface area (Å²) in [6.07, 6.45) is 0.636. The molecular formula is C11H13BrO3. The zero-order valence-electron chi connectivity index (χ0n) is 8.71. The molecule has 0 unspecified atom stereocenters. The molecule has 0 atom stereocenters. The summed E-state index contributed by atoms with van der Waals surface area (Å²) in [5.74, 6) is -0.0145. The number of aliphatic carboxylic acids is 1. The van der Waals surface area contributed by atoms with Gasteiger partial charge in [-0.25, -0.2) is 0 Å². The fraction of sp³-hybridized carbons (Fsp3) is 0.364. The van der Waals surface area contributed by atoms with Crippen LogP contribution in [0.2, 0.25) is 0 Å². The largest absolute Gasteiger partial charge is 0.495 e. The summed E-state index contributed by atoms with van der Waals surface area (Å²) in [6.45, 7) is 1.95. The van der Waals surface area contributed by atoms with E-state index < -0.39 is 5.97 Å². The van der Waals surface area contributed by atoms with Gasteiger partial charge < -0.3 is 9.84 Å². The Balaban J connectivity index is 2.94. The number of carbonyl (C=O) groups is 1. The van der Waals surface area contributed by atoms with Crippen molar-refractivity contribution in [1.29, 1.82) is 0 Å². The zero-order valence-corrected chi connectivity index (χ0v) is 10.3. The van der Waals surface area contributed by atoms with E-state index in [1.165, 1.54) is 0 Å². The van der Waals surface area contributed by atoms with Gasteiger partial charge in [-0.2, -0.15) is 0 Å². The molecule has 0 amide bonds. The first-order valence-corrected chi connectivity index (χ1v) is 5.39. The minimum atomic E-state index is -0.790. The van der Waals surface area contributed by atoms with Crippen LogP contribution >= 0.6 is 15.9 Å². The van der Waals surface area contributed by atoms with Crippen molar-refractivity contribution in [2.45, 2.75) is 19.8 Å². The van der Waals surface area contributed by atoms with Crippen LogP contribution in [0.3, 0.4) is 0 Å². The first kappa shape index (κ1) is 12.0. The van der Waals surface area contributed by atoms with E-state index in [-0.39, 0.29) is 6.42 Å². The molecule has 0 aliphatic carbocycles. The Morgan fingerprint density at radius 1 is 1.53 bits per heavy atom. The molecule has 0 aromatic heterocycles. The minimum absolute atomic E-state index is 0.130. The van der Waals surface area contributed by atoms with E-state index in [9.17, 15) is 4.79 Å². The lowest BCUT2D eigenvalue weighted by Gasteiger charge is -2.10. The Morgan fingerprint density at radius 2 is 2.20 bits per heavy atom.